The van der Waals surface area contributed by atoms with E-state index in [1.54, 1.807) is 0 Å². The Morgan fingerprint density at radius 3 is 1.61 bits per heavy atom. The maximum atomic E-state index is 11.4. The van der Waals surface area contributed by atoms with Gasteiger partial charge in [-0.2, -0.15) is 0 Å². The maximum Gasteiger partial charge on any atom is 0.273 e. The van der Waals surface area contributed by atoms with Crippen LogP contribution in [-0.2, 0) is 9.59 Å². The molecule has 0 aromatic rings. The van der Waals surface area contributed by atoms with E-state index in [0.717, 1.165) is 0 Å². The van der Waals surface area contributed by atoms with Gasteiger partial charge < -0.3 is 10.6 Å². The Labute approximate surface area is 142 Å². The van der Waals surface area contributed by atoms with Crippen molar-refractivity contribution < 1.29 is 9.59 Å². The van der Waals surface area contributed by atoms with Crippen molar-refractivity contribution in [3.05, 3.63) is 0 Å². The van der Waals surface area contributed by atoms with E-state index in [2.05, 4.69) is 5.32 Å². The first-order valence-electron chi connectivity index (χ1n) is 3.88. The Hall–Kier alpha value is 1.26. The van der Waals surface area contributed by atoms with Gasteiger partial charge in [0.1, 0.15) is 6.17 Å². The quantitative estimate of drug-likeness (QED) is 0.545. The van der Waals surface area contributed by atoms with Crippen molar-refractivity contribution in [2.75, 3.05) is 0 Å². The van der Waals surface area contributed by atoms with Gasteiger partial charge in [-0.05, 0) is 0 Å². The van der Waals surface area contributed by atoms with E-state index >= 15 is 0 Å². The standard InChI is InChI=1S/C6H4Cl8N2O2/c7-1(8)2(17)15-3(5(9,10)11)16-4(18)6(12,13)14/h1,3H,(H,15,17)(H,16,18). The fraction of sp³-hybridized carbons (Fsp3) is 0.667. The summed E-state index contributed by atoms with van der Waals surface area (Å²) in [5.41, 5.74) is 0. The van der Waals surface area contributed by atoms with Gasteiger partial charge in [-0.15, -0.1) is 0 Å². The van der Waals surface area contributed by atoms with E-state index in [0.29, 0.717) is 0 Å². The first-order chi connectivity index (χ1) is 7.85. The number of alkyl halides is 8. The molecule has 0 heterocycles. The zero-order valence-corrected chi connectivity index (χ0v) is 14.0. The van der Waals surface area contributed by atoms with Crippen LogP contribution in [0.25, 0.3) is 0 Å². The van der Waals surface area contributed by atoms with E-state index in [9.17, 15) is 9.59 Å². The maximum absolute atomic E-state index is 11.4. The molecule has 0 fully saturated rings. The fourth-order valence-corrected chi connectivity index (χ4v) is 1.23. The lowest BCUT2D eigenvalue weighted by atomic mass is 10.4. The third-order valence-corrected chi connectivity index (χ3v) is 2.91. The highest BCUT2D eigenvalue weighted by atomic mass is 35.6. The van der Waals surface area contributed by atoms with Crippen LogP contribution in [-0.4, -0.2) is 30.4 Å². The molecular formula is C6H4Cl8N2O2. The number of hydrogen-bond acceptors (Lipinski definition) is 2. The van der Waals surface area contributed by atoms with Crippen LogP contribution in [0.4, 0.5) is 0 Å². The zero-order valence-electron chi connectivity index (χ0n) is 7.99. The Bertz CT molecular complexity index is 323. The highest BCUT2D eigenvalue weighted by Crippen LogP contribution is 2.31. The molecule has 0 aromatic heterocycles. The minimum atomic E-state index is -2.29. The SMILES string of the molecule is O=C(NC(NC(=O)C(Cl)(Cl)Cl)C(Cl)(Cl)Cl)C(Cl)Cl. The average molecular weight is 420 g/mol. The van der Waals surface area contributed by atoms with Crippen LogP contribution in [0.1, 0.15) is 0 Å². The molecular weight excluding hydrogens is 416 g/mol. The Morgan fingerprint density at radius 1 is 0.889 bits per heavy atom. The molecule has 0 bridgehead atoms. The molecule has 1 atom stereocenters. The van der Waals surface area contributed by atoms with Gasteiger partial charge in [-0.1, -0.05) is 92.8 Å². The summed E-state index contributed by atoms with van der Waals surface area (Å²) < 4.78 is -4.40. The topological polar surface area (TPSA) is 58.2 Å². The summed E-state index contributed by atoms with van der Waals surface area (Å²) in [6.07, 6.45) is -1.49. The van der Waals surface area contributed by atoms with Crippen molar-refractivity contribution >= 4 is 105 Å². The lowest BCUT2D eigenvalue weighted by Gasteiger charge is -2.27. The molecule has 12 heteroatoms. The third-order valence-electron chi connectivity index (χ3n) is 1.35. The van der Waals surface area contributed by atoms with E-state index in [4.69, 9.17) is 92.8 Å². The fourth-order valence-electron chi connectivity index (χ4n) is 0.618. The van der Waals surface area contributed by atoms with Crippen LogP contribution in [0.3, 0.4) is 0 Å². The normalized spacial score (nSPS) is 14.3. The molecule has 1 unspecified atom stereocenters. The number of nitrogens with one attached hydrogen (secondary N) is 2. The Kier molecular flexibility index (Phi) is 7.83. The largest absolute Gasteiger partial charge is 0.330 e. The summed E-state index contributed by atoms with van der Waals surface area (Å²) in [5.74, 6) is -2.01. The van der Waals surface area contributed by atoms with Crippen molar-refractivity contribution in [3.63, 3.8) is 0 Å². The van der Waals surface area contributed by atoms with Gasteiger partial charge >= 0.3 is 0 Å². The minimum Gasteiger partial charge on any atom is -0.330 e. The van der Waals surface area contributed by atoms with Gasteiger partial charge in [0.2, 0.25) is 3.79 Å². The molecule has 106 valence electrons. The average Bonchev–Trinajstić information content (AvgIpc) is 2.12. The van der Waals surface area contributed by atoms with Gasteiger partial charge in [-0.25, -0.2) is 0 Å². The van der Waals surface area contributed by atoms with E-state index < -0.39 is 30.4 Å². The van der Waals surface area contributed by atoms with Crippen molar-refractivity contribution in [2.24, 2.45) is 0 Å². The molecule has 0 aliphatic carbocycles. The summed E-state index contributed by atoms with van der Waals surface area (Å²) >= 11 is 43.1. The van der Waals surface area contributed by atoms with Crippen molar-refractivity contribution in [1.29, 1.82) is 0 Å². The first-order valence-corrected chi connectivity index (χ1v) is 7.02. The molecule has 2 N–H and O–H groups in total. The predicted molar refractivity (Wildman–Crippen MR) is 76.1 cm³/mol. The first kappa shape index (κ1) is 19.3. The van der Waals surface area contributed by atoms with Crippen LogP contribution < -0.4 is 10.6 Å². The van der Waals surface area contributed by atoms with Crippen molar-refractivity contribution in [3.8, 4) is 0 Å². The lowest BCUT2D eigenvalue weighted by molar-refractivity contribution is -0.123. The number of carbonyl (C=O) groups excluding carboxylic acids is 2. The molecule has 0 radical (unpaired) electrons. The summed E-state index contributed by atoms with van der Waals surface area (Å²) in [6, 6.07) is 0. The molecule has 0 rings (SSSR count). The predicted octanol–water partition coefficient (Wildman–Crippen LogP) is 3.09. The van der Waals surface area contributed by atoms with Gasteiger partial charge in [0.15, 0.2) is 4.84 Å². The number of amides is 2. The van der Waals surface area contributed by atoms with Crippen LogP contribution in [0, 0.1) is 0 Å². The summed E-state index contributed by atoms with van der Waals surface area (Å²) in [6.45, 7) is 0. The third kappa shape index (κ3) is 7.15. The number of halogens is 8. The zero-order chi connectivity index (χ0) is 14.7. The van der Waals surface area contributed by atoms with Gasteiger partial charge in [-0.3, -0.25) is 9.59 Å². The molecule has 4 nitrogen and oxygen atoms in total. The molecule has 18 heavy (non-hydrogen) atoms. The minimum absolute atomic E-state index is 0.903. The van der Waals surface area contributed by atoms with Crippen LogP contribution in [0.5, 0.6) is 0 Å². The molecule has 0 aliphatic rings. The number of rotatable bonds is 3. The molecule has 0 aliphatic heterocycles. The summed E-state index contributed by atoms with van der Waals surface area (Å²) in [7, 11) is 0. The van der Waals surface area contributed by atoms with Gasteiger partial charge in [0.05, 0.1) is 0 Å². The Balaban J connectivity index is 4.84. The second-order valence-electron chi connectivity index (χ2n) is 2.76. The smallest absolute Gasteiger partial charge is 0.273 e. The Morgan fingerprint density at radius 2 is 1.33 bits per heavy atom. The lowest BCUT2D eigenvalue weighted by Crippen LogP contribution is -2.58. The molecule has 0 spiro atoms. The van der Waals surface area contributed by atoms with Crippen molar-refractivity contribution in [2.45, 2.75) is 18.6 Å². The second kappa shape index (κ2) is 7.32. The van der Waals surface area contributed by atoms with E-state index in [-0.39, 0.29) is 0 Å². The van der Waals surface area contributed by atoms with E-state index in [1.165, 1.54) is 0 Å². The van der Waals surface area contributed by atoms with Crippen LogP contribution in [0.15, 0.2) is 0 Å². The monoisotopic (exact) mass is 416 g/mol. The van der Waals surface area contributed by atoms with Crippen molar-refractivity contribution in [1.82, 2.24) is 10.6 Å². The summed E-state index contributed by atoms with van der Waals surface area (Å²) in [4.78, 5) is 21.2. The van der Waals surface area contributed by atoms with Crippen LogP contribution >= 0.6 is 92.8 Å². The number of hydrogen-bond donors (Lipinski definition) is 2. The van der Waals surface area contributed by atoms with Gasteiger partial charge in [0, 0.05) is 0 Å². The second-order valence-corrected chi connectivity index (χ2v) is 8.50. The van der Waals surface area contributed by atoms with Crippen LogP contribution in [0.2, 0.25) is 0 Å². The number of carbonyl (C=O) groups is 2. The van der Waals surface area contributed by atoms with Gasteiger partial charge in [0.25, 0.3) is 15.6 Å². The molecule has 0 saturated heterocycles. The molecule has 2 amide bonds. The summed E-state index contributed by atoms with van der Waals surface area (Å²) in [5, 5.41) is 4.06. The molecule has 0 saturated carbocycles. The highest BCUT2D eigenvalue weighted by Gasteiger charge is 2.40. The van der Waals surface area contributed by atoms with E-state index in [1.807, 2.05) is 5.32 Å². The molecule has 0 aromatic carbocycles. The highest BCUT2D eigenvalue weighted by molar-refractivity contribution is 6.76.